The highest BCUT2D eigenvalue weighted by atomic mass is 79.9. The van der Waals surface area contributed by atoms with Gasteiger partial charge in [-0.2, -0.15) is 0 Å². The topological polar surface area (TPSA) is 58.4 Å². The molecular weight excluding hydrogens is 318 g/mol. The molecule has 0 fully saturated rings. The average molecular weight is 340 g/mol. The molecule has 5 heteroatoms. The van der Waals surface area contributed by atoms with Crippen LogP contribution in [0.1, 0.15) is 39.3 Å². The lowest BCUT2D eigenvalue weighted by molar-refractivity contribution is -0.116. The maximum absolute atomic E-state index is 11.7. The Morgan fingerprint density at radius 1 is 1.40 bits per heavy atom. The van der Waals surface area contributed by atoms with Gasteiger partial charge < -0.3 is 16.0 Å². The van der Waals surface area contributed by atoms with Crippen LogP contribution in [-0.4, -0.2) is 19.0 Å². The summed E-state index contributed by atoms with van der Waals surface area (Å²) in [5.41, 5.74) is 8.75. The van der Waals surface area contributed by atoms with Crippen molar-refractivity contribution in [3.8, 4) is 0 Å². The van der Waals surface area contributed by atoms with Crippen LogP contribution in [0.4, 0.5) is 11.4 Å². The maximum Gasteiger partial charge on any atom is 0.245 e. The van der Waals surface area contributed by atoms with E-state index in [9.17, 15) is 4.79 Å². The van der Waals surface area contributed by atoms with Crippen molar-refractivity contribution in [1.82, 2.24) is 0 Å². The summed E-state index contributed by atoms with van der Waals surface area (Å²) in [4.78, 5) is 13.9. The van der Waals surface area contributed by atoms with Gasteiger partial charge in [-0.05, 0) is 40.4 Å². The lowest BCUT2D eigenvalue weighted by Gasteiger charge is -2.37. The summed E-state index contributed by atoms with van der Waals surface area (Å²) >= 11 is 3.60. The van der Waals surface area contributed by atoms with E-state index in [2.05, 4.69) is 60.9 Å². The van der Waals surface area contributed by atoms with Crippen LogP contribution in [-0.2, 0) is 4.79 Å². The van der Waals surface area contributed by atoms with Crippen LogP contribution in [0, 0.1) is 5.41 Å². The van der Waals surface area contributed by atoms with Crippen molar-refractivity contribution < 1.29 is 4.79 Å². The van der Waals surface area contributed by atoms with Gasteiger partial charge in [0.2, 0.25) is 5.91 Å². The minimum atomic E-state index is -0.569. The van der Waals surface area contributed by atoms with Crippen LogP contribution < -0.4 is 16.0 Å². The van der Waals surface area contributed by atoms with Crippen molar-refractivity contribution in [3.63, 3.8) is 0 Å². The van der Waals surface area contributed by atoms with Crippen LogP contribution in [0.3, 0.4) is 0 Å². The number of carbonyl (C=O) groups excluding carboxylic acids is 1. The highest BCUT2D eigenvalue weighted by Gasteiger charge is 2.30. The van der Waals surface area contributed by atoms with E-state index < -0.39 is 6.04 Å². The molecule has 0 radical (unpaired) electrons. The number of nitrogens with zero attached hydrogens (tertiary/aromatic N) is 1. The molecule has 110 valence electrons. The van der Waals surface area contributed by atoms with Gasteiger partial charge in [0.15, 0.2) is 0 Å². The van der Waals surface area contributed by atoms with Crippen LogP contribution in [0.15, 0.2) is 16.6 Å². The fourth-order valence-corrected chi connectivity index (χ4v) is 3.00. The van der Waals surface area contributed by atoms with Crippen molar-refractivity contribution >= 4 is 33.2 Å². The minimum absolute atomic E-state index is 0.143. The van der Waals surface area contributed by atoms with E-state index >= 15 is 0 Å². The number of hydrogen-bond donors (Lipinski definition) is 2. The number of hydrogen-bond acceptors (Lipinski definition) is 3. The summed E-state index contributed by atoms with van der Waals surface area (Å²) in [6.45, 7) is 8.84. The maximum atomic E-state index is 11.7. The number of rotatable bonds is 2. The fourth-order valence-electron chi connectivity index (χ4n) is 2.35. The molecule has 2 atom stereocenters. The van der Waals surface area contributed by atoms with Crippen molar-refractivity contribution in [2.24, 2.45) is 11.1 Å². The zero-order chi connectivity index (χ0) is 15.2. The predicted octanol–water partition coefficient (Wildman–Crippen LogP) is 3.27. The van der Waals surface area contributed by atoms with Gasteiger partial charge in [0.05, 0.1) is 5.69 Å². The molecule has 20 heavy (non-hydrogen) atoms. The number of halogens is 1. The molecule has 3 N–H and O–H groups in total. The third-order valence-corrected chi connectivity index (χ3v) is 4.84. The normalized spacial score (nSPS) is 19.6. The first-order valence-corrected chi connectivity index (χ1v) is 7.55. The van der Waals surface area contributed by atoms with Crippen molar-refractivity contribution in [2.75, 3.05) is 17.3 Å². The van der Waals surface area contributed by atoms with E-state index in [0.717, 1.165) is 21.4 Å². The molecule has 0 saturated heterocycles. The summed E-state index contributed by atoms with van der Waals surface area (Å²) in [6, 6.07) is 3.72. The second-order valence-electron chi connectivity index (χ2n) is 6.51. The Kier molecular flexibility index (Phi) is 3.86. The molecule has 1 aromatic carbocycles. The van der Waals surface area contributed by atoms with Gasteiger partial charge in [0.1, 0.15) is 6.04 Å². The molecule has 1 amide bonds. The first-order valence-electron chi connectivity index (χ1n) is 6.75. The zero-order valence-electron chi connectivity index (χ0n) is 12.6. The van der Waals surface area contributed by atoms with E-state index in [0.29, 0.717) is 6.04 Å². The first-order chi connectivity index (χ1) is 9.12. The molecule has 1 aliphatic rings. The summed E-state index contributed by atoms with van der Waals surface area (Å²) in [6.07, 6.45) is 0. The van der Waals surface area contributed by atoms with Crippen LogP contribution in [0.2, 0.25) is 0 Å². The van der Waals surface area contributed by atoms with Gasteiger partial charge in [-0.1, -0.05) is 20.8 Å². The first kappa shape index (κ1) is 15.3. The number of nitrogens with one attached hydrogen (secondary N) is 1. The lowest BCUT2D eigenvalue weighted by Crippen LogP contribution is -2.39. The van der Waals surface area contributed by atoms with E-state index in [1.54, 1.807) is 0 Å². The Morgan fingerprint density at radius 2 is 2.00 bits per heavy atom. The monoisotopic (exact) mass is 339 g/mol. The number of amides is 1. The Hall–Kier alpha value is -1.07. The standard InChI is InChI=1S/C15H22BrN3O/c1-8(15(2,3)4)19(5)12-7-11-9(6-10(12)16)13(17)14(20)18-11/h6-8,13H,17H2,1-5H3,(H,18,20). The Balaban J connectivity index is 2.40. The zero-order valence-corrected chi connectivity index (χ0v) is 14.2. The SMILES string of the molecule is CC(N(C)c1cc2c(cc1Br)C(N)C(=O)N2)C(C)(C)C. The van der Waals surface area contributed by atoms with Gasteiger partial charge in [0.25, 0.3) is 0 Å². The smallest absolute Gasteiger partial charge is 0.245 e. The van der Waals surface area contributed by atoms with Gasteiger partial charge >= 0.3 is 0 Å². The van der Waals surface area contributed by atoms with E-state index in [1.165, 1.54) is 0 Å². The van der Waals surface area contributed by atoms with Gasteiger partial charge in [-0.25, -0.2) is 0 Å². The molecule has 1 aromatic rings. The second kappa shape index (κ2) is 5.04. The average Bonchev–Trinajstić information content (AvgIpc) is 2.62. The molecule has 2 rings (SSSR count). The van der Waals surface area contributed by atoms with E-state index in [1.807, 2.05) is 12.1 Å². The summed E-state index contributed by atoms with van der Waals surface area (Å²) in [5, 5.41) is 2.84. The highest BCUT2D eigenvalue weighted by molar-refractivity contribution is 9.10. The van der Waals surface area contributed by atoms with Crippen LogP contribution >= 0.6 is 15.9 Å². The van der Waals surface area contributed by atoms with Crippen LogP contribution in [0.5, 0.6) is 0 Å². The number of carbonyl (C=O) groups is 1. The molecular formula is C15H22BrN3O. The minimum Gasteiger partial charge on any atom is -0.370 e. The highest BCUT2D eigenvalue weighted by Crippen LogP contribution is 2.39. The quantitative estimate of drug-likeness (QED) is 0.869. The number of anilines is 2. The van der Waals surface area contributed by atoms with Gasteiger partial charge in [-0.3, -0.25) is 4.79 Å². The largest absolute Gasteiger partial charge is 0.370 e. The molecule has 0 saturated carbocycles. The summed E-state index contributed by atoms with van der Waals surface area (Å²) in [7, 11) is 2.07. The Labute approximate surface area is 128 Å². The van der Waals surface area contributed by atoms with E-state index in [4.69, 9.17) is 5.73 Å². The molecule has 1 heterocycles. The number of nitrogens with two attached hydrogens (primary N) is 1. The van der Waals surface area contributed by atoms with Gasteiger partial charge in [-0.15, -0.1) is 0 Å². The Morgan fingerprint density at radius 3 is 2.55 bits per heavy atom. The van der Waals surface area contributed by atoms with Crippen molar-refractivity contribution in [2.45, 2.75) is 39.8 Å². The van der Waals surface area contributed by atoms with Crippen molar-refractivity contribution in [1.29, 1.82) is 0 Å². The predicted molar refractivity (Wildman–Crippen MR) is 87.0 cm³/mol. The van der Waals surface area contributed by atoms with Gasteiger partial charge in [0, 0.05) is 28.8 Å². The van der Waals surface area contributed by atoms with E-state index in [-0.39, 0.29) is 11.3 Å². The second-order valence-corrected chi connectivity index (χ2v) is 7.37. The summed E-state index contributed by atoms with van der Waals surface area (Å²) < 4.78 is 0.960. The third kappa shape index (κ3) is 2.56. The molecule has 0 aliphatic carbocycles. The molecule has 4 nitrogen and oxygen atoms in total. The van der Waals surface area contributed by atoms with Crippen molar-refractivity contribution in [3.05, 3.63) is 22.2 Å². The Bertz CT molecular complexity index is 551. The molecule has 0 aromatic heterocycles. The lowest BCUT2D eigenvalue weighted by atomic mass is 9.87. The number of fused-ring (bicyclic) bond motifs is 1. The van der Waals surface area contributed by atoms with Crippen LogP contribution in [0.25, 0.3) is 0 Å². The molecule has 0 spiro atoms. The molecule has 0 bridgehead atoms. The number of benzene rings is 1. The molecule has 1 aliphatic heterocycles. The fraction of sp³-hybridized carbons (Fsp3) is 0.533. The third-order valence-electron chi connectivity index (χ3n) is 4.21. The summed E-state index contributed by atoms with van der Waals surface area (Å²) in [5.74, 6) is -0.143. The molecule has 2 unspecified atom stereocenters.